The van der Waals surface area contributed by atoms with Crippen LogP contribution in [0.25, 0.3) is 11.4 Å². The maximum Gasteiger partial charge on any atom is 0.262 e. The van der Waals surface area contributed by atoms with Gasteiger partial charge in [0.2, 0.25) is 11.7 Å². The third-order valence-corrected chi connectivity index (χ3v) is 5.30. The summed E-state index contributed by atoms with van der Waals surface area (Å²) in [6.07, 6.45) is 0.542. The van der Waals surface area contributed by atoms with Gasteiger partial charge in [-0.15, -0.1) is 11.3 Å². The molecule has 0 aliphatic carbocycles. The van der Waals surface area contributed by atoms with Gasteiger partial charge in [0.25, 0.3) is 5.91 Å². The lowest BCUT2D eigenvalue weighted by molar-refractivity contribution is 0.0932. The molecule has 0 aliphatic rings. The zero-order chi connectivity index (χ0) is 19.3. The van der Waals surface area contributed by atoms with Gasteiger partial charge >= 0.3 is 0 Å². The van der Waals surface area contributed by atoms with Crippen molar-refractivity contribution in [2.24, 2.45) is 0 Å². The molecule has 0 saturated carbocycles. The standard InChI is InChI=1S/C21H16ClN3O2S/c22-16-10-8-15(9-11-16)19-24-21(27-25-19)17(13-14-5-2-1-3-6-14)23-20(26)18-7-4-12-28-18/h1-12,17H,13H2,(H,23,26)/t17-/m1/s1. The van der Waals surface area contributed by atoms with Crippen molar-refractivity contribution in [3.05, 3.63) is 93.5 Å². The molecule has 5 nitrogen and oxygen atoms in total. The van der Waals surface area contributed by atoms with E-state index in [-0.39, 0.29) is 5.91 Å². The smallest absolute Gasteiger partial charge is 0.262 e. The Hall–Kier alpha value is -2.96. The summed E-state index contributed by atoms with van der Waals surface area (Å²) in [4.78, 5) is 17.7. The summed E-state index contributed by atoms with van der Waals surface area (Å²) in [6.45, 7) is 0. The first-order valence-corrected chi connectivity index (χ1v) is 9.92. The molecule has 140 valence electrons. The van der Waals surface area contributed by atoms with Gasteiger partial charge in [-0.1, -0.05) is 53.2 Å². The van der Waals surface area contributed by atoms with Gasteiger partial charge in [0.1, 0.15) is 6.04 Å². The summed E-state index contributed by atoms with van der Waals surface area (Å²) in [5, 5.41) is 9.59. The van der Waals surface area contributed by atoms with Gasteiger partial charge in [0, 0.05) is 17.0 Å². The van der Waals surface area contributed by atoms with Crippen molar-refractivity contribution >= 4 is 28.8 Å². The van der Waals surface area contributed by atoms with Crippen LogP contribution in [0.2, 0.25) is 5.02 Å². The maximum atomic E-state index is 12.6. The van der Waals surface area contributed by atoms with Gasteiger partial charge in [-0.25, -0.2) is 0 Å². The summed E-state index contributed by atoms with van der Waals surface area (Å²) >= 11 is 7.33. The molecule has 2 heterocycles. The summed E-state index contributed by atoms with van der Waals surface area (Å²) in [6, 6.07) is 20.3. The van der Waals surface area contributed by atoms with Crippen LogP contribution in [0.3, 0.4) is 0 Å². The first-order valence-electron chi connectivity index (χ1n) is 8.67. The van der Waals surface area contributed by atoms with Crippen LogP contribution in [0.1, 0.15) is 27.2 Å². The lowest BCUT2D eigenvalue weighted by Gasteiger charge is -2.14. The molecule has 0 fully saturated rings. The van der Waals surface area contributed by atoms with Gasteiger partial charge in [0.15, 0.2) is 0 Å². The number of aromatic nitrogens is 2. The molecule has 2 aromatic carbocycles. The number of amides is 1. The fourth-order valence-corrected chi connectivity index (χ4v) is 3.53. The second kappa shape index (κ2) is 8.37. The Morgan fingerprint density at radius 2 is 1.86 bits per heavy atom. The van der Waals surface area contributed by atoms with Crippen molar-refractivity contribution in [3.63, 3.8) is 0 Å². The quantitative estimate of drug-likeness (QED) is 0.477. The molecule has 4 aromatic rings. The fourth-order valence-electron chi connectivity index (χ4n) is 2.78. The zero-order valence-corrected chi connectivity index (χ0v) is 16.3. The van der Waals surface area contributed by atoms with Crippen molar-refractivity contribution in [1.29, 1.82) is 0 Å². The number of benzene rings is 2. The Morgan fingerprint density at radius 1 is 1.07 bits per heavy atom. The van der Waals surface area contributed by atoms with E-state index in [0.717, 1.165) is 11.1 Å². The Bertz CT molecular complexity index is 1050. The van der Waals surface area contributed by atoms with E-state index in [1.54, 1.807) is 18.2 Å². The number of rotatable bonds is 6. The van der Waals surface area contributed by atoms with E-state index in [0.29, 0.717) is 28.0 Å². The van der Waals surface area contributed by atoms with E-state index in [1.807, 2.05) is 53.9 Å². The van der Waals surface area contributed by atoms with Gasteiger partial charge < -0.3 is 9.84 Å². The second-order valence-corrected chi connectivity index (χ2v) is 7.54. The van der Waals surface area contributed by atoms with Crippen LogP contribution in [-0.4, -0.2) is 16.0 Å². The molecule has 7 heteroatoms. The van der Waals surface area contributed by atoms with Gasteiger partial charge in [-0.2, -0.15) is 4.98 Å². The second-order valence-electron chi connectivity index (χ2n) is 6.16. The summed E-state index contributed by atoms with van der Waals surface area (Å²) in [5.74, 6) is 0.649. The molecule has 0 saturated heterocycles. The highest BCUT2D eigenvalue weighted by molar-refractivity contribution is 7.12. The zero-order valence-electron chi connectivity index (χ0n) is 14.7. The molecule has 0 radical (unpaired) electrons. The molecule has 0 aliphatic heterocycles. The highest BCUT2D eigenvalue weighted by Gasteiger charge is 2.23. The van der Waals surface area contributed by atoms with Crippen molar-refractivity contribution < 1.29 is 9.32 Å². The minimum absolute atomic E-state index is 0.165. The van der Waals surface area contributed by atoms with Gasteiger partial charge in [-0.05, 0) is 41.3 Å². The first-order chi connectivity index (χ1) is 13.7. The lowest BCUT2D eigenvalue weighted by atomic mass is 10.1. The van der Waals surface area contributed by atoms with Crippen LogP contribution in [0.15, 0.2) is 76.6 Å². The highest BCUT2D eigenvalue weighted by atomic mass is 35.5. The number of carbonyl (C=O) groups excluding carboxylic acids is 1. The molecule has 4 rings (SSSR count). The van der Waals surface area contributed by atoms with E-state index in [4.69, 9.17) is 16.1 Å². The molecule has 1 atom stereocenters. The highest BCUT2D eigenvalue weighted by Crippen LogP contribution is 2.23. The number of nitrogens with zero attached hydrogens (tertiary/aromatic N) is 2. The topological polar surface area (TPSA) is 68.0 Å². The maximum absolute atomic E-state index is 12.6. The summed E-state index contributed by atoms with van der Waals surface area (Å²) in [5.41, 5.74) is 1.85. The summed E-state index contributed by atoms with van der Waals surface area (Å²) < 4.78 is 5.50. The van der Waals surface area contributed by atoms with Crippen LogP contribution in [-0.2, 0) is 6.42 Å². The average molecular weight is 410 g/mol. The van der Waals surface area contributed by atoms with E-state index in [2.05, 4.69) is 15.5 Å². The van der Waals surface area contributed by atoms with Crippen molar-refractivity contribution in [2.45, 2.75) is 12.5 Å². The van der Waals surface area contributed by atoms with Crippen LogP contribution < -0.4 is 5.32 Å². The van der Waals surface area contributed by atoms with Crippen molar-refractivity contribution in [3.8, 4) is 11.4 Å². The minimum atomic E-state index is -0.439. The van der Waals surface area contributed by atoms with Crippen LogP contribution in [0.4, 0.5) is 0 Å². The third kappa shape index (κ3) is 4.30. The number of nitrogens with one attached hydrogen (secondary N) is 1. The number of halogens is 1. The molecule has 0 unspecified atom stereocenters. The Morgan fingerprint density at radius 3 is 2.57 bits per heavy atom. The largest absolute Gasteiger partial charge is 0.339 e. The first kappa shape index (κ1) is 18.4. The van der Waals surface area contributed by atoms with Crippen LogP contribution >= 0.6 is 22.9 Å². The van der Waals surface area contributed by atoms with Crippen molar-refractivity contribution in [2.75, 3.05) is 0 Å². The molecule has 0 bridgehead atoms. The number of carbonyl (C=O) groups is 1. The van der Waals surface area contributed by atoms with Crippen molar-refractivity contribution in [1.82, 2.24) is 15.5 Å². The Labute approximate surface area is 171 Å². The molecule has 0 spiro atoms. The molecule has 2 aromatic heterocycles. The lowest BCUT2D eigenvalue weighted by Crippen LogP contribution is -2.29. The Kier molecular flexibility index (Phi) is 5.50. The third-order valence-electron chi connectivity index (χ3n) is 4.18. The van der Waals surface area contributed by atoms with E-state index >= 15 is 0 Å². The predicted molar refractivity (Wildman–Crippen MR) is 109 cm³/mol. The predicted octanol–water partition coefficient (Wildman–Crippen LogP) is 5.17. The van der Waals surface area contributed by atoms with E-state index in [9.17, 15) is 4.79 Å². The van der Waals surface area contributed by atoms with Gasteiger partial charge in [-0.3, -0.25) is 4.79 Å². The Balaban J connectivity index is 1.61. The van der Waals surface area contributed by atoms with E-state index in [1.165, 1.54) is 11.3 Å². The molecule has 1 N–H and O–H groups in total. The molecular weight excluding hydrogens is 394 g/mol. The van der Waals surface area contributed by atoms with E-state index < -0.39 is 6.04 Å². The fraction of sp³-hybridized carbons (Fsp3) is 0.0952. The molecule has 1 amide bonds. The molecule has 28 heavy (non-hydrogen) atoms. The number of hydrogen-bond donors (Lipinski definition) is 1. The summed E-state index contributed by atoms with van der Waals surface area (Å²) in [7, 11) is 0. The number of thiophene rings is 1. The van der Waals surface area contributed by atoms with Gasteiger partial charge in [0.05, 0.1) is 4.88 Å². The monoisotopic (exact) mass is 409 g/mol. The SMILES string of the molecule is O=C(N[C@H](Cc1ccccc1)c1nc(-c2ccc(Cl)cc2)no1)c1cccs1. The number of hydrogen-bond acceptors (Lipinski definition) is 5. The van der Waals surface area contributed by atoms with Crippen LogP contribution in [0, 0.1) is 0 Å². The molecular formula is C21H16ClN3O2S. The van der Waals surface area contributed by atoms with Crippen LogP contribution in [0.5, 0.6) is 0 Å². The normalized spacial score (nSPS) is 11.9. The minimum Gasteiger partial charge on any atom is -0.339 e. The average Bonchev–Trinajstić information content (AvgIpc) is 3.41.